The summed E-state index contributed by atoms with van der Waals surface area (Å²) < 4.78 is 0. The summed E-state index contributed by atoms with van der Waals surface area (Å²) in [5, 5.41) is 7.17. The number of hydrogen-bond donors (Lipinski definition) is 2. The number of amides is 2. The van der Waals surface area contributed by atoms with Gasteiger partial charge in [-0.25, -0.2) is 0 Å². The van der Waals surface area contributed by atoms with E-state index in [1.807, 2.05) is 11.8 Å². The number of hydrogen-bond acceptors (Lipinski definition) is 4. The number of rotatable bonds is 6. The zero-order chi connectivity index (χ0) is 24.7. The van der Waals surface area contributed by atoms with Crippen LogP contribution in [-0.2, 0) is 9.59 Å². The van der Waals surface area contributed by atoms with Crippen LogP contribution >= 0.6 is 24.6 Å². The maximum atomic E-state index is 14.0. The molecular formula is C27H47ClN4O2S. The normalized spacial score (nSPS) is 37.9. The highest BCUT2D eigenvalue weighted by Crippen LogP contribution is 2.65. The number of carbonyl (C=O) groups is 2. The number of piperidine rings is 1. The fourth-order valence-corrected chi connectivity index (χ4v) is 8.73. The van der Waals surface area contributed by atoms with Gasteiger partial charge in [0.15, 0.2) is 5.11 Å². The molecule has 1 heterocycles. The van der Waals surface area contributed by atoms with Crippen LogP contribution in [-0.4, -0.2) is 66.5 Å². The average molecular weight is 527 g/mol. The summed E-state index contributed by atoms with van der Waals surface area (Å²) in [7, 11) is 4.14. The van der Waals surface area contributed by atoms with E-state index < -0.39 is 0 Å². The van der Waals surface area contributed by atoms with Gasteiger partial charge in [-0.1, -0.05) is 13.8 Å². The third-order valence-electron chi connectivity index (χ3n) is 10.2. The molecule has 0 spiro atoms. The van der Waals surface area contributed by atoms with Crippen LogP contribution in [0.5, 0.6) is 0 Å². The zero-order valence-electron chi connectivity index (χ0n) is 22.4. The molecule has 7 atom stereocenters. The summed E-state index contributed by atoms with van der Waals surface area (Å²) in [6.45, 7) is 9.26. The summed E-state index contributed by atoms with van der Waals surface area (Å²) in [5.74, 6) is 2.49. The minimum atomic E-state index is 0. The Kier molecular flexibility index (Phi) is 9.18. The number of thiocarbonyl (C=S) groups is 1. The molecule has 35 heavy (non-hydrogen) atoms. The molecule has 6 nitrogen and oxygen atoms in total. The van der Waals surface area contributed by atoms with Gasteiger partial charge in [0.2, 0.25) is 11.8 Å². The first-order chi connectivity index (χ1) is 16.1. The van der Waals surface area contributed by atoms with Gasteiger partial charge in [0.1, 0.15) is 0 Å². The van der Waals surface area contributed by atoms with Crippen LogP contribution in [0.1, 0.15) is 78.6 Å². The van der Waals surface area contributed by atoms with E-state index in [-0.39, 0.29) is 41.0 Å². The lowest BCUT2D eigenvalue weighted by Crippen LogP contribution is -2.61. The molecule has 0 radical (unpaired) electrons. The van der Waals surface area contributed by atoms with Gasteiger partial charge in [0, 0.05) is 31.5 Å². The molecule has 4 rings (SSSR count). The van der Waals surface area contributed by atoms with Crippen molar-refractivity contribution in [3.05, 3.63) is 0 Å². The molecule has 0 aromatic rings. The third kappa shape index (κ3) is 5.24. The molecule has 2 N–H and O–H groups in total. The minimum absolute atomic E-state index is 0. The second-order valence-electron chi connectivity index (χ2n) is 12.2. The second-order valence-corrected chi connectivity index (χ2v) is 12.6. The molecule has 2 amide bonds. The third-order valence-corrected chi connectivity index (χ3v) is 10.6. The van der Waals surface area contributed by atoms with Crippen LogP contribution in [0, 0.1) is 34.5 Å². The second kappa shape index (κ2) is 11.2. The average Bonchev–Trinajstić information content (AvgIpc) is 3.14. The molecule has 0 bridgehead atoms. The van der Waals surface area contributed by atoms with Crippen molar-refractivity contribution in [1.29, 1.82) is 0 Å². The van der Waals surface area contributed by atoms with Crippen molar-refractivity contribution in [3.63, 3.8) is 0 Å². The fourth-order valence-electron chi connectivity index (χ4n) is 8.40. The SMILES string of the molecule is CCNC(=S)N(CCCN(C)C)C(=O)C1CC[C@H]2[C@@H]3CCC4NC(=O)CC[C@]4(C)[C@@H]3CC[C@]12C.Cl. The lowest BCUT2D eigenvalue weighted by Gasteiger charge is -2.60. The standard InChI is InChI=1S/C27H46N4O2S.ClH/c1-6-28-25(34)31(17-7-16-30(4)5)24(33)21-10-9-19-18-8-11-22-27(3,15-13-23(32)29-22)20(18)12-14-26(19,21)2;/h18-22H,6-17H2,1-5H3,(H,28,34)(H,29,32);1H/t18-,19-,20+,21?,22?,26-,27+;/m0./s1. The van der Waals surface area contributed by atoms with E-state index in [0.717, 1.165) is 51.6 Å². The first-order valence-electron chi connectivity index (χ1n) is 13.6. The van der Waals surface area contributed by atoms with Crippen molar-refractivity contribution in [2.24, 2.45) is 34.5 Å². The van der Waals surface area contributed by atoms with Gasteiger partial charge in [-0.3, -0.25) is 14.5 Å². The van der Waals surface area contributed by atoms with E-state index in [4.69, 9.17) is 12.2 Å². The van der Waals surface area contributed by atoms with E-state index in [9.17, 15) is 9.59 Å². The molecule has 0 aromatic heterocycles. The zero-order valence-corrected chi connectivity index (χ0v) is 24.0. The Hall–Kier alpha value is -0.920. The molecule has 200 valence electrons. The van der Waals surface area contributed by atoms with E-state index in [1.54, 1.807) is 0 Å². The van der Waals surface area contributed by atoms with E-state index >= 15 is 0 Å². The highest BCUT2D eigenvalue weighted by atomic mass is 35.5. The molecule has 1 aliphatic heterocycles. The van der Waals surface area contributed by atoms with E-state index in [2.05, 4.69) is 43.5 Å². The van der Waals surface area contributed by atoms with Crippen molar-refractivity contribution < 1.29 is 9.59 Å². The largest absolute Gasteiger partial charge is 0.362 e. The highest BCUT2D eigenvalue weighted by Gasteiger charge is 2.61. The molecule has 8 heteroatoms. The molecule has 3 aliphatic carbocycles. The minimum Gasteiger partial charge on any atom is -0.362 e. The van der Waals surface area contributed by atoms with Crippen LogP contribution in [0.25, 0.3) is 0 Å². The molecular weight excluding hydrogens is 480 g/mol. The van der Waals surface area contributed by atoms with Crippen LogP contribution in [0.2, 0.25) is 0 Å². The van der Waals surface area contributed by atoms with Crippen molar-refractivity contribution >= 4 is 41.6 Å². The highest BCUT2D eigenvalue weighted by molar-refractivity contribution is 7.80. The van der Waals surface area contributed by atoms with E-state index in [0.29, 0.717) is 41.9 Å². The van der Waals surface area contributed by atoms with Crippen LogP contribution in [0.15, 0.2) is 0 Å². The smallest absolute Gasteiger partial charge is 0.232 e. The predicted molar refractivity (Wildman–Crippen MR) is 147 cm³/mol. The lowest BCUT2D eigenvalue weighted by atomic mass is 9.47. The molecule has 0 aromatic carbocycles. The van der Waals surface area contributed by atoms with Crippen molar-refractivity contribution in [2.75, 3.05) is 33.7 Å². The number of carbonyl (C=O) groups excluding carboxylic acids is 2. The summed E-state index contributed by atoms with van der Waals surface area (Å²) in [5.41, 5.74) is 0.270. The summed E-state index contributed by atoms with van der Waals surface area (Å²) in [4.78, 5) is 30.2. The van der Waals surface area contributed by atoms with Crippen LogP contribution < -0.4 is 10.6 Å². The Labute approximate surface area is 224 Å². The molecule has 4 fully saturated rings. The Bertz CT molecular complexity index is 810. The molecule has 4 aliphatic rings. The Morgan fingerprint density at radius 2 is 1.77 bits per heavy atom. The van der Waals surface area contributed by atoms with Crippen molar-refractivity contribution in [2.45, 2.75) is 84.6 Å². The number of nitrogens with one attached hydrogen (secondary N) is 2. The fraction of sp³-hybridized carbons (Fsp3) is 0.889. The number of fused-ring (bicyclic) bond motifs is 5. The molecule has 3 saturated carbocycles. The van der Waals surface area contributed by atoms with Gasteiger partial charge in [0.25, 0.3) is 0 Å². The monoisotopic (exact) mass is 526 g/mol. The van der Waals surface area contributed by atoms with Gasteiger partial charge >= 0.3 is 0 Å². The summed E-state index contributed by atoms with van der Waals surface area (Å²) >= 11 is 5.67. The van der Waals surface area contributed by atoms with Crippen molar-refractivity contribution in [1.82, 2.24) is 20.4 Å². The van der Waals surface area contributed by atoms with Crippen LogP contribution in [0.4, 0.5) is 0 Å². The maximum Gasteiger partial charge on any atom is 0.232 e. The van der Waals surface area contributed by atoms with Gasteiger partial charge < -0.3 is 15.5 Å². The Morgan fingerprint density at radius 1 is 1.06 bits per heavy atom. The van der Waals surface area contributed by atoms with Gasteiger partial charge in [-0.05, 0) is 120 Å². The van der Waals surface area contributed by atoms with Crippen molar-refractivity contribution in [3.8, 4) is 0 Å². The quantitative estimate of drug-likeness (QED) is 0.507. The Balaban J connectivity index is 0.00000342. The lowest BCUT2D eigenvalue weighted by molar-refractivity contribution is -0.145. The first kappa shape index (κ1) is 28.6. The number of nitrogens with zero attached hydrogens (tertiary/aromatic N) is 2. The summed E-state index contributed by atoms with van der Waals surface area (Å²) in [6, 6.07) is 0.336. The van der Waals surface area contributed by atoms with Gasteiger partial charge in [-0.15, -0.1) is 12.4 Å². The van der Waals surface area contributed by atoms with Gasteiger partial charge in [-0.2, -0.15) is 0 Å². The maximum absolute atomic E-state index is 14.0. The molecule has 1 saturated heterocycles. The summed E-state index contributed by atoms with van der Waals surface area (Å²) in [6.07, 6.45) is 9.33. The predicted octanol–water partition coefficient (Wildman–Crippen LogP) is 4.22. The number of halogens is 1. The Morgan fingerprint density at radius 3 is 2.46 bits per heavy atom. The van der Waals surface area contributed by atoms with Crippen LogP contribution in [0.3, 0.4) is 0 Å². The molecule has 2 unspecified atom stereocenters. The topological polar surface area (TPSA) is 64.7 Å². The first-order valence-corrected chi connectivity index (χ1v) is 14.1. The van der Waals surface area contributed by atoms with E-state index in [1.165, 1.54) is 12.8 Å². The van der Waals surface area contributed by atoms with Gasteiger partial charge in [0.05, 0.1) is 0 Å².